The Labute approximate surface area is 309 Å². The van der Waals surface area contributed by atoms with Crippen LogP contribution in [0, 0.1) is 0 Å². The van der Waals surface area contributed by atoms with Crippen molar-refractivity contribution in [2.24, 2.45) is 0 Å². The van der Waals surface area contributed by atoms with Gasteiger partial charge in [-0.25, -0.2) is 8.42 Å². The predicted molar refractivity (Wildman–Crippen MR) is 214 cm³/mol. The summed E-state index contributed by atoms with van der Waals surface area (Å²) in [7, 11) is -3.56. The number of aryl methyl sites for hydroxylation is 1. The van der Waals surface area contributed by atoms with E-state index in [1.165, 1.54) is 36.2 Å². The molecule has 0 N–H and O–H groups in total. The number of rotatable bonds is 28. The number of furan rings is 1. The van der Waals surface area contributed by atoms with Crippen LogP contribution in [0.15, 0.2) is 46.9 Å². The number of carbonyl (C=O) groups excluding carboxylic acids is 1. The molecule has 1 heterocycles. The Morgan fingerprint density at radius 2 is 1.20 bits per heavy atom. The number of fused-ring (bicyclic) bond motifs is 1. The van der Waals surface area contributed by atoms with Crippen molar-refractivity contribution in [3.05, 3.63) is 59.4 Å². The van der Waals surface area contributed by atoms with E-state index >= 15 is 0 Å². The highest BCUT2D eigenvalue weighted by Gasteiger charge is 2.25. The highest BCUT2D eigenvalue weighted by Crippen LogP contribution is 2.33. The molecule has 0 unspecified atom stereocenters. The van der Waals surface area contributed by atoms with Gasteiger partial charge in [0.2, 0.25) is 10.0 Å². The summed E-state index contributed by atoms with van der Waals surface area (Å²) in [6, 6.07) is 12.8. The number of ether oxygens (including phenoxy) is 1. The summed E-state index contributed by atoms with van der Waals surface area (Å²) in [5.41, 5.74) is 2.23. The molecule has 0 atom stereocenters. The van der Waals surface area contributed by atoms with Gasteiger partial charge in [-0.3, -0.25) is 9.10 Å². The van der Waals surface area contributed by atoms with Crippen LogP contribution >= 0.6 is 0 Å². The lowest BCUT2D eigenvalue weighted by molar-refractivity contribution is 0.103. The number of carbonyl (C=O) groups is 1. The van der Waals surface area contributed by atoms with Crippen molar-refractivity contribution in [1.82, 2.24) is 9.80 Å². The van der Waals surface area contributed by atoms with E-state index in [0.29, 0.717) is 53.1 Å². The van der Waals surface area contributed by atoms with Crippen LogP contribution in [0.5, 0.6) is 5.75 Å². The molecule has 0 saturated carbocycles. The number of anilines is 1. The highest BCUT2D eigenvalue weighted by molar-refractivity contribution is 7.92. The van der Waals surface area contributed by atoms with Gasteiger partial charge in [0, 0.05) is 30.5 Å². The zero-order valence-corrected chi connectivity index (χ0v) is 33.5. The lowest BCUT2D eigenvalue weighted by Crippen LogP contribution is -2.34. The second-order valence-corrected chi connectivity index (χ2v) is 15.9. The number of ketones is 1. The minimum Gasteiger partial charge on any atom is -0.494 e. The first kappa shape index (κ1) is 42.5. The van der Waals surface area contributed by atoms with E-state index < -0.39 is 10.0 Å². The summed E-state index contributed by atoms with van der Waals surface area (Å²) in [4.78, 5) is 19.2. The Morgan fingerprint density at radius 1 is 0.667 bits per heavy atom. The van der Waals surface area contributed by atoms with Gasteiger partial charge < -0.3 is 19.0 Å². The zero-order chi connectivity index (χ0) is 37.1. The van der Waals surface area contributed by atoms with Gasteiger partial charge in [-0.2, -0.15) is 0 Å². The fourth-order valence-electron chi connectivity index (χ4n) is 6.50. The van der Waals surface area contributed by atoms with E-state index in [4.69, 9.17) is 9.15 Å². The molecule has 0 bridgehead atoms. The van der Waals surface area contributed by atoms with Gasteiger partial charge in [-0.1, -0.05) is 66.7 Å². The number of hydrogen-bond donors (Lipinski definition) is 0. The SMILES string of the molecule is CCCCc1oc2ccc(N(CCCN(CCCC)CCCC)S(C)(=O)=O)cc2c1C(=O)c1ccc(OCCCN(CCCC)CCCC)cc1. The molecule has 9 heteroatoms. The summed E-state index contributed by atoms with van der Waals surface area (Å²) < 4.78 is 40.1. The van der Waals surface area contributed by atoms with Crippen LogP contribution in [-0.2, 0) is 16.4 Å². The molecular weight excluding hydrogens is 659 g/mol. The second kappa shape index (κ2) is 22.9. The van der Waals surface area contributed by atoms with Crippen molar-refractivity contribution in [2.45, 2.75) is 118 Å². The van der Waals surface area contributed by atoms with Gasteiger partial charge in [0.05, 0.1) is 24.1 Å². The van der Waals surface area contributed by atoms with Gasteiger partial charge in [-0.15, -0.1) is 0 Å². The van der Waals surface area contributed by atoms with Gasteiger partial charge >= 0.3 is 0 Å². The maximum atomic E-state index is 14.2. The van der Waals surface area contributed by atoms with Crippen LogP contribution < -0.4 is 9.04 Å². The zero-order valence-electron chi connectivity index (χ0n) is 32.7. The summed E-state index contributed by atoms with van der Waals surface area (Å²) in [6.07, 6.45) is 14.8. The Morgan fingerprint density at radius 3 is 1.73 bits per heavy atom. The third kappa shape index (κ3) is 13.9. The molecule has 51 heavy (non-hydrogen) atoms. The van der Waals surface area contributed by atoms with E-state index in [1.807, 2.05) is 36.4 Å². The van der Waals surface area contributed by atoms with Crippen LogP contribution in [0.25, 0.3) is 11.0 Å². The minimum absolute atomic E-state index is 0.126. The van der Waals surface area contributed by atoms with E-state index in [2.05, 4.69) is 44.4 Å². The molecule has 0 saturated heterocycles. The molecule has 0 aliphatic carbocycles. The lowest BCUT2D eigenvalue weighted by atomic mass is 9.98. The van der Waals surface area contributed by atoms with Crippen LogP contribution in [0.3, 0.4) is 0 Å². The smallest absolute Gasteiger partial charge is 0.232 e. The predicted octanol–water partition coefficient (Wildman–Crippen LogP) is 9.74. The van der Waals surface area contributed by atoms with Crippen molar-refractivity contribution < 1.29 is 22.4 Å². The van der Waals surface area contributed by atoms with Crippen molar-refractivity contribution in [3.8, 4) is 5.75 Å². The third-order valence-corrected chi connectivity index (χ3v) is 10.8. The topological polar surface area (TPSA) is 83.3 Å². The van der Waals surface area contributed by atoms with E-state index in [1.54, 1.807) is 6.07 Å². The summed E-state index contributed by atoms with van der Waals surface area (Å²) in [6.45, 7) is 18.2. The fraction of sp³-hybridized carbons (Fsp3) is 0.643. The molecular formula is C42H67N3O5S. The van der Waals surface area contributed by atoms with Gasteiger partial charge in [0.1, 0.15) is 17.1 Å². The largest absolute Gasteiger partial charge is 0.494 e. The fourth-order valence-corrected chi connectivity index (χ4v) is 7.46. The third-order valence-electron chi connectivity index (χ3n) is 9.57. The Balaban J connectivity index is 1.79. The molecule has 0 aliphatic rings. The van der Waals surface area contributed by atoms with Crippen LogP contribution in [0.4, 0.5) is 5.69 Å². The molecule has 0 aliphatic heterocycles. The maximum Gasteiger partial charge on any atom is 0.232 e. The van der Waals surface area contributed by atoms with Gasteiger partial charge in [-0.05, 0) is 120 Å². The Bertz CT molecular complexity index is 1520. The minimum atomic E-state index is -3.56. The molecule has 8 nitrogen and oxygen atoms in total. The van der Waals surface area contributed by atoms with E-state index in [0.717, 1.165) is 96.4 Å². The highest BCUT2D eigenvalue weighted by atomic mass is 32.2. The molecule has 3 aromatic rings. The van der Waals surface area contributed by atoms with Crippen LogP contribution in [0.1, 0.15) is 133 Å². The summed E-state index contributed by atoms with van der Waals surface area (Å²) in [5.74, 6) is 1.27. The van der Waals surface area contributed by atoms with E-state index in [9.17, 15) is 13.2 Å². The molecule has 0 fully saturated rings. The van der Waals surface area contributed by atoms with Crippen molar-refractivity contribution in [3.63, 3.8) is 0 Å². The van der Waals surface area contributed by atoms with Crippen molar-refractivity contribution >= 4 is 32.5 Å². The number of benzene rings is 2. The molecule has 0 radical (unpaired) electrons. The van der Waals surface area contributed by atoms with Crippen LogP contribution in [-0.4, -0.2) is 82.7 Å². The Kier molecular flexibility index (Phi) is 19.1. The normalized spacial score (nSPS) is 12.0. The first-order valence-corrected chi connectivity index (χ1v) is 21.8. The summed E-state index contributed by atoms with van der Waals surface area (Å²) in [5, 5.41) is 0.654. The molecule has 2 aromatic carbocycles. The molecule has 0 spiro atoms. The number of hydrogen-bond acceptors (Lipinski definition) is 7. The van der Waals surface area contributed by atoms with Gasteiger partial charge in [0.25, 0.3) is 0 Å². The number of sulfonamides is 1. The lowest BCUT2D eigenvalue weighted by Gasteiger charge is -2.26. The molecule has 3 rings (SSSR count). The van der Waals surface area contributed by atoms with Gasteiger partial charge in [0.15, 0.2) is 5.78 Å². The maximum absolute atomic E-state index is 14.2. The van der Waals surface area contributed by atoms with Crippen molar-refractivity contribution in [2.75, 3.05) is 63.0 Å². The average molecular weight is 726 g/mol. The standard InChI is InChI=1S/C42H67N3O5S/c1-7-12-19-40-41(42(46)35-20-23-37(24-21-35)49-33-18-31-44(28-15-10-4)29-16-11-5)38-34-36(22-25-39(38)50-40)45(51(6,47)48)32-17-30-43(26-13-8-2)27-14-9-3/h20-25,34H,7-19,26-33H2,1-6H3. The van der Waals surface area contributed by atoms with Crippen LogP contribution in [0.2, 0.25) is 0 Å². The summed E-state index contributed by atoms with van der Waals surface area (Å²) >= 11 is 0. The monoisotopic (exact) mass is 725 g/mol. The quantitative estimate of drug-likeness (QED) is 0.0545. The first-order chi connectivity index (χ1) is 24.7. The Hall–Kier alpha value is -2.88. The van der Waals surface area contributed by atoms with E-state index in [-0.39, 0.29) is 5.78 Å². The first-order valence-electron chi connectivity index (χ1n) is 19.9. The molecule has 286 valence electrons. The molecule has 1 aromatic heterocycles. The average Bonchev–Trinajstić information content (AvgIpc) is 3.49. The number of unbranched alkanes of at least 4 members (excludes halogenated alkanes) is 5. The molecule has 0 amide bonds. The second-order valence-electron chi connectivity index (χ2n) is 14.0. The number of nitrogens with zero attached hydrogens (tertiary/aromatic N) is 3. The van der Waals surface area contributed by atoms with Crippen molar-refractivity contribution in [1.29, 1.82) is 0 Å².